The van der Waals surface area contributed by atoms with Crippen molar-refractivity contribution in [1.82, 2.24) is 15.1 Å². The van der Waals surface area contributed by atoms with Gasteiger partial charge in [-0.1, -0.05) is 18.2 Å². The van der Waals surface area contributed by atoms with E-state index < -0.39 is 12.7 Å². The van der Waals surface area contributed by atoms with E-state index in [-0.39, 0.29) is 0 Å². The van der Waals surface area contributed by atoms with E-state index in [1.54, 1.807) is 18.2 Å². The van der Waals surface area contributed by atoms with Gasteiger partial charge >= 0.3 is 6.18 Å². The maximum Gasteiger partial charge on any atom is 0.408 e. The number of rotatable bonds is 5. The van der Waals surface area contributed by atoms with Crippen LogP contribution in [0.15, 0.2) is 41.5 Å². The maximum atomic E-state index is 12.7. The van der Waals surface area contributed by atoms with Crippen molar-refractivity contribution in [3.05, 3.63) is 36.5 Å². The molecule has 0 bridgehead atoms. The summed E-state index contributed by atoms with van der Waals surface area (Å²) in [5, 5.41) is 10.2. The number of nitrogens with one attached hydrogen (secondary N) is 2. The molecule has 0 amide bonds. The highest BCUT2D eigenvalue weighted by Crippen LogP contribution is 2.29. The van der Waals surface area contributed by atoms with Crippen molar-refractivity contribution >= 4 is 11.5 Å². The third kappa shape index (κ3) is 3.82. The quantitative estimate of drug-likeness (QED) is 0.889. The lowest BCUT2D eigenvalue weighted by atomic mass is 10.1. The van der Waals surface area contributed by atoms with Crippen molar-refractivity contribution in [2.75, 3.05) is 25.0 Å². The summed E-state index contributed by atoms with van der Waals surface area (Å²) in [4.78, 5) is 4.29. The van der Waals surface area contributed by atoms with Crippen molar-refractivity contribution < 1.29 is 13.2 Å². The minimum Gasteiger partial charge on any atom is -0.377 e. The van der Waals surface area contributed by atoms with Gasteiger partial charge in [0, 0.05) is 24.0 Å². The SMILES string of the molecule is FC(F)(F)Cn1nccc1-c1ccccc1NCC1=NCCN1. The van der Waals surface area contributed by atoms with Crippen LogP contribution in [0.5, 0.6) is 0 Å². The third-order valence-electron chi connectivity index (χ3n) is 3.44. The van der Waals surface area contributed by atoms with Crippen molar-refractivity contribution in [2.24, 2.45) is 4.99 Å². The van der Waals surface area contributed by atoms with Crippen LogP contribution in [-0.2, 0) is 6.54 Å². The second-order valence-electron chi connectivity index (χ2n) is 5.14. The minimum absolute atomic E-state index is 0.423. The molecular weight excluding hydrogens is 307 g/mol. The number of aromatic nitrogens is 2. The van der Waals surface area contributed by atoms with Crippen LogP contribution >= 0.6 is 0 Å². The monoisotopic (exact) mass is 323 g/mol. The van der Waals surface area contributed by atoms with Crippen LogP contribution in [0, 0.1) is 0 Å². The minimum atomic E-state index is -4.31. The summed E-state index contributed by atoms with van der Waals surface area (Å²) >= 11 is 0. The van der Waals surface area contributed by atoms with Crippen molar-refractivity contribution in [2.45, 2.75) is 12.7 Å². The maximum absolute atomic E-state index is 12.7. The van der Waals surface area contributed by atoms with E-state index in [2.05, 4.69) is 20.7 Å². The van der Waals surface area contributed by atoms with Gasteiger partial charge in [0.2, 0.25) is 0 Å². The molecule has 0 unspecified atom stereocenters. The van der Waals surface area contributed by atoms with Crippen LogP contribution in [0.4, 0.5) is 18.9 Å². The fourth-order valence-corrected chi connectivity index (χ4v) is 2.46. The molecule has 0 fully saturated rings. The number of benzene rings is 1. The van der Waals surface area contributed by atoms with E-state index in [1.807, 2.05) is 12.1 Å². The lowest BCUT2D eigenvalue weighted by molar-refractivity contribution is -0.142. The number of hydrogen-bond donors (Lipinski definition) is 2. The molecular formula is C15H16F3N5. The van der Waals surface area contributed by atoms with E-state index in [9.17, 15) is 13.2 Å². The van der Waals surface area contributed by atoms with Crippen LogP contribution in [0.3, 0.4) is 0 Å². The molecule has 1 aromatic carbocycles. The molecule has 1 aliphatic heterocycles. The number of nitrogens with zero attached hydrogens (tertiary/aromatic N) is 3. The summed E-state index contributed by atoms with van der Waals surface area (Å²) in [5.74, 6) is 0.851. The molecule has 0 spiro atoms. The Balaban J connectivity index is 1.84. The summed E-state index contributed by atoms with van der Waals surface area (Å²) in [6, 6.07) is 8.81. The molecule has 2 aromatic rings. The Morgan fingerprint density at radius 1 is 1.22 bits per heavy atom. The predicted molar refractivity (Wildman–Crippen MR) is 82.5 cm³/mol. The molecule has 5 nitrogen and oxygen atoms in total. The zero-order valence-corrected chi connectivity index (χ0v) is 12.3. The third-order valence-corrected chi connectivity index (χ3v) is 3.44. The molecule has 2 heterocycles. The number of aliphatic imine (C=N–C) groups is 1. The highest BCUT2D eigenvalue weighted by atomic mass is 19.4. The summed E-state index contributed by atoms with van der Waals surface area (Å²) in [5.41, 5.74) is 1.84. The number of anilines is 1. The van der Waals surface area contributed by atoms with Gasteiger partial charge in [0.05, 0.1) is 18.8 Å². The van der Waals surface area contributed by atoms with Gasteiger partial charge in [0.25, 0.3) is 0 Å². The predicted octanol–water partition coefficient (Wildman–Crippen LogP) is 2.53. The Labute approximate surface area is 131 Å². The molecule has 8 heteroatoms. The van der Waals surface area contributed by atoms with Gasteiger partial charge in [-0.05, 0) is 12.1 Å². The highest BCUT2D eigenvalue weighted by molar-refractivity contribution is 5.89. The smallest absolute Gasteiger partial charge is 0.377 e. The van der Waals surface area contributed by atoms with Crippen molar-refractivity contribution in [3.8, 4) is 11.3 Å². The molecule has 122 valence electrons. The molecule has 2 N–H and O–H groups in total. The zero-order chi connectivity index (χ0) is 16.3. The first-order valence-electron chi connectivity index (χ1n) is 7.22. The number of amidine groups is 1. The van der Waals surface area contributed by atoms with E-state index in [1.165, 1.54) is 6.20 Å². The van der Waals surface area contributed by atoms with Gasteiger partial charge in [-0.15, -0.1) is 0 Å². The molecule has 0 radical (unpaired) electrons. The summed E-state index contributed by atoms with van der Waals surface area (Å²) in [6.07, 6.45) is -2.94. The Bertz CT molecular complexity index is 705. The molecule has 1 aromatic heterocycles. The molecule has 0 aliphatic carbocycles. The van der Waals surface area contributed by atoms with Gasteiger partial charge in [0.1, 0.15) is 12.4 Å². The van der Waals surface area contributed by atoms with Crippen LogP contribution in [0.25, 0.3) is 11.3 Å². The Morgan fingerprint density at radius 2 is 2.04 bits per heavy atom. The number of hydrogen-bond acceptors (Lipinski definition) is 4. The van der Waals surface area contributed by atoms with Gasteiger partial charge in [-0.2, -0.15) is 18.3 Å². The van der Waals surface area contributed by atoms with Gasteiger partial charge < -0.3 is 10.6 Å². The number of para-hydroxylation sites is 1. The average molecular weight is 323 g/mol. The molecule has 3 rings (SSSR count). The van der Waals surface area contributed by atoms with E-state index >= 15 is 0 Å². The normalized spacial score (nSPS) is 14.5. The first-order chi connectivity index (χ1) is 11.0. The summed E-state index contributed by atoms with van der Waals surface area (Å²) in [7, 11) is 0. The van der Waals surface area contributed by atoms with E-state index in [0.29, 0.717) is 17.8 Å². The second kappa shape index (κ2) is 6.31. The van der Waals surface area contributed by atoms with Gasteiger partial charge in [-0.25, -0.2) is 0 Å². The summed E-state index contributed by atoms with van der Waals surface area (Å²) < 4.78 is 39.0. The molecule has 1 aliphatic rings. The Morgan fingerprint density at radius 3 is 2.78 bits per heavy atom. The molecule has 0 saturated carbocycles. The lowest BCUT2D eigenvalue weighted by Crippen LogP contribution is -2.26. The number of alkyl halides is 3. The summed E-state index contributed by atoms with van der Waals surface area (Å²) in [6.45, 7) is 0.955. The Hall–Kier alpha value is -2.51. The van der Waals surface area contributed by atoms with Crippen molar-refractivity contribution in [3.63, 3.8) is 0 Å². The van der Waals surface area contributed by atoms with Crippen LogP contribution in [0.1, 0.15) is 0 Å². The Kier molecular flexibility index (Phi) is 4.22. The fourth-order valence-electron chi connectivity index (χ4n) is 2.46. The average Bonchev–Trinajstić information content (AvgIpc) is 3.15. The molecule has 0 saturated heterocycles. The fraction of sp³-hybridized carbons (Fsp3) is 0.333. The first kappa shape index (κ1) is 15.4. The second-order valence-corrected chi connectivity index (χ2v) is 5.14. The standard InChI is InChI=1S/C15H16F3N5/c16-15(17,18)10-23-13(5-6-22-23)11-3-1-2-4-12(11)21-9-14-19-7-8-20-14/h1-6,21H,7-10H2,(H,19,20). The van der Waals surface area contributed by atoms with Crippen LogP contribution in [0.2, 0.25) is 0 Å². The topological polar surface area (TPSA) is 54.2 Å². The van der Waals surface area contributed by atoms with Gasteiger partial charge in [0.15, 0.2) is 0 Å². The molecule has 0 atom stereocenters. The first-order valence-corrected chi connectivity index (χ1v) is 7.22. The molecule has 23 heavy (non-hydrogen) atoms. The zero-order valence-electron chi connectivity index (χ0n) is 12.3. The van der Waals surface area contributed by atoms with Crippen molar-refractivity contribution in [1.29, 1.82) is 0 Å². The van der Waals surface area contributed by atoms with E-state index in [0.717, 1.165) is 29.3 Å². The number of halogens is 3. The highest BCUT2D eigenvalue weighted by Gasteiger charge is 2.29. The lowest BCUT2D eigenvalue weighted by Gasteiger charge is -2.15. The van der Waals surface area contributed by atoms with Crippen LogP contribution in [-0.4, -0.2) is 41.4 Å². The van der Waals surface area contributed by atoms with E-state index in [4.69, 9.17) is 0 Å². The largest absolute Gasteiger partial charge is 0.408 e. The van der Waals surface area contributed by atoms with Crippen LogP contribution < -0.4 is 10.6 Å². The van der Waals surface area contributed by atoms with Gasteiger partial charge in [-0.3, -0.25) is 9.67 Å².